The maximum Gasteiger partial charge on any atom is 0.261 e. The van der Waals surface area contributed by atoms with E-state index in [1.165, 1.54) is 44.4 Å². The standard InChI is InChI=1S/C19H22ClN3O3S/c1-14(24)21-19-10-9-17(13-18(19)20)27(25,26)22-15-5-7-16(8-6-15)23-11-3-2-4-12-23/h5-10,13,22H,2-4,11-12H2,1H3,(H,21,24). The first-order chi connectivity index (χ1) is 12.8. The highest BCUT2D eigenvalue weighted by atomic mass is 35.5. The first-order valence-electron chi connectivity index (χ1n) is 8.80. The van der Waals surface area contributed by atoms with Crippen molar-refractivity contribution in [3.8, 4) is 0 Å². The Morgan fingerprint density at radius 3 is 2.30 bits per heavy atom. The lowest BCUT2D eigenvalue weighted by Crippen LogP contribution is -2.29. The summed E-state index contributed by atoms with van der Waals surface area (Å²) in [5.74, 6) is -0.278. The van der Waals surface area contributed by atoms with E-state index in [0.717, 1.165) is 18.8 Å². The van der Waals surface area contributed by atoms with Crippen LogP contribution in [0.5, 0.6) is 0 Å². The number of rotatable bonds is 5. The summed E-state index contributed by atoms with van der Waals surface area (Å²) in [7, 11) is -3.78. The molecule has 3 rings (SSSR count). The molecule has 144 valence electrons. The highest BCUT2D eigenvalue weighted by Gasteiger charge is 2.17. The summed E-state index contributed by atoms with van der Waals surface area (Å²) >= 11 is 6.08. The predicted molar refractivity (Wildman–Crippen MR) is 109 cm³/mol. The molecule has 1 aliphatic rings. The SMILES string of the molecule is CC(=O)Nc1ccc(S(=O)(=O)Nc2ccc(N3CCCCC3)cc2)cc1Cl. The third kappa shape index (κ3) is 4.93. The summed E-state index contributed by atoms with van der Waals surface area (Å²) in [6, 6.07) is 11.6. The molecule has 0 aliphatic carbocycles. The maximum atomic E-state index is 12.6. The van der Waals surface area contributed by atoms with Gasteiger partial charge >= 0.3 is 0 Å². The Hall–Kier alpha value is -2.25. The van der Waals surface area contributed by atoms with Crippen LogP contribution in [0.25, 0.3) is 0 Å². The van der Waals surface area contributed by atoms with Crippen molar-refractivity contribution in [1.82, 2.24) is 0 Å². The number of hydrogen-bond donors (Lipinski definition) is 2. The molecule has 1 heterocycles. The number of nitrogens with zero attached hydrogens (tertiary/aromatic N) is 1. The molecule has 1 fully saturated rings. The van der Waals surface area contributed by atoms with Crippen molar-refractivity contribution in [2.45, 2.75) is 31.1 Å². The van der Waals surface area contributed by atoms with Crippen molar-refractivity contribution in [2.75, 3.05) is 28.0 Å². The minimum Gasteiger partial charge on any atom is -0.372 e. The average molecular weight is 408 g/mol. The van der Waals surface area contributed by atoms with E-state index in [1.54, 1.807) is 12.1 Å². The maximum absolute atomic E-state index is 12.6. The zero-order valence-electron chi connectivity index (χ0n) is 15.0. The Morgan fingerprint density at radius 2 is 1.70 bits per heavy atom. The second kappa shape index (κ2) is 8.19. The number of sulfonamides is 1. The fourth-order valence-corrected chi connectivity index (χ4v) is 4.44. The van der Waals surface area contributed by atoms with Gasteiger partial charge in [-0.15, -0.1) is 0 Å². The summed E-state index contributed by atoms with van der Waals surface area (Å²) in [6.45, 7) is 3.42. The van der Waals surface area contributed by atoms with Gasteiger partial charge in [-0.25, -0.2) is 8.42 Å². The Kier molecular flexibility index (Phi) is 5.92. The van der Waals surface area contributed by atoms with Gasteiger partial charge < -0.3 is 10.2 Å². The van der Waals surface area contributed by atoms with Crippen LogP contribution in [0.15, 0.2) is 47.4 Å². The van der Waals surface area contributed by atoms with Crippen LogP contribution in [-0.2, 0) is 14.8 Å². The number of hydrogen-bond acceptors (Lipinski definition) is 4. The van der Waals surface area contributed by atoms with Gasteiger partial charge in [0.2, 0.25) is 5.91 Å². The summed E-state index contributed by atoms with van der Waals surface area (Å²) in [4.78, 5) is 13.5. The van der Waals surface area contributed by atoms with E-state index >= 15 is 0 Å². The van der Waals surface area contributed by atoms with Crippen LogP contribution in [0, 0.1) is 0 Å². The van der Waals surface area contributed by atoms with Gasteiger partial charge in [0.15, 0.2) is 0 Å². The van der Waals surface area contributed by atoms with Crippen LogP contribution in [0.3, 0.4) is 0 Å². The molecule has 0 aromatic heterocycles. The fourth-order valence-electron chi connectivity index (χ4n) is 3.06. The van der Waals surface area contributed by atoms with Gasteiger partial charge in [0.25, 0.3) is 10.0 Å². The molecule has 8 heteroatoms. The number of carbonyl (C=O) groups excluding carboxylic acids is 1. The highest BCUT2D eigenvalue weighted by Crippen LogP contribution is 2.27. The second-order valence-electron chi connectivity index (χ2n) is 6.52. The monoisotopic (exact) mass is 407 g/mol. The van der Waals surface area contributed by atoms with Gasteiger partial charge in [-0.05, 0) is 61.7 Å². The van der Waals surface area contributed by atoms with Crippen LogP contribution in [0.4, 0.5) is 17.1 Å². The van der Waals surface area contributed by atoms with Crippen molar-refractivity contribution < 1.29 is 13.2 Å². The summed E-state index contributed by atoms with van der Waals surface area (Å²) < 4.78 is 27.8. The molecule has 0 unspecified atom stereocenters. The van der Waals surface area contributed by atoms with E-state index in [2.05, 4.69) is 14.9 Å². The van der Waals surface area contributed by atoms with E-state index in [4.69, 9.17) is 11.6 Å². The van der Waals surface area contributed by atoms with Gasteiger partial charge in [0.1, 0.15) is 0 Å². The number of halogens is 1. The van der Waals surface area contributed by atoms with Gasteiger partial charge in [-0.3, -0.25) is 9.52 Å². The summed E-state index contributed by atoms with van der Waals surface area (Å²) in [5.41, 5.74) is 1.95. The smallest absolute Gasteiger partial charge is 0.261 e. The number of carbonyl (C=O) groups is 1. The van der Waals surface area contributed by atoms with Crippen LogP contribution in [0.1, 0.15) is 26.2 Å². The van der Waals surface area contributed by atoms with E-state index in [0.29, 0.717) is 11.4 Å². The largest absolute Gasteiger partial charge is 0.372 e. The third-order valence-corrected chi connectivity index (χ3v) is 6.09. The first kappa shape index (κ1) is 19.5. The van der Waals surface area contributed by atoms with Gasteiger partial charge in [-0.1, -0.05) is 11.6 Å². The molecule has 6 nitrogen and oxygen atoms in total. The van der Waals surface area contributed by atoms with Crippen molar-refractivity contribution >= 4 is 44.6 Å². The van der Waals surface area contributed by atoms with Crippen LogP contribution < -0.4 is 14.9 Å². The molecule has 0 saturated carbocycles. The zero-order valence-corrected chi connectivity index (χ0v) is 16.6. The van der Waals surface area contributed by atoms with E-state index < -0.39 is 10.0 Å². The van der Waals surface area contributed by atoms with Gasteiger partial charge in [0.05, 0.1) is 15.6 Å². The fraction of sp³-hybridized carbons (Fsp3) is 0.316. The van der Waals surface area contributed by atoms with Crippen molar-refractivity contribution in [2.24, 2.45) is 0 Å². The molecule has 2 N–H and O–H groups in total. The summed E-state index contributed by atoms with van der Waals surface area (Å²) in [6.07, 6.45) is 3.63. The number of anilines is 3. The van der Waals surface area contributed by atoms with E-state index in [-0.39, 0.29) is 15.8 Å². The van der Waals surface area contributed by atoms with Crippen LogP contribution >= 0.6 is 11.6 Å². The van der Waals surface area contributed by atoms with Crippen LogP contribution in [0.2, 0.25) is 5.02 Å². The third-order valence-electron chi connectivity index (χ3n) is 4.40. The number of nitrogens with one attached hydrogen (secondary N) is 2. The topological polar surface area (TPSA) is 78.5 Å². The van der Waals surface area contributed by atoms with E-state index in [9.17, 15) is 13.2 Å². The lowest BCUT2D eigenvalue weighted by atomic mass is 10.1. The minimum absolute atomic E-state index is 0.0294. The molecule has 1 saturated heterocycles. The molecule has 0 atom stereocenters. The average Bonchev–Trinajstić information content (AvgIpc) is 2.64. The molecule has 27 heavy (non-hydrogen) atoms. The van der Waals surface area contributed by atoms with Crippen molar-refractivity contribution in [3.05, 3.63) is 47.5 Å². The molecule has 1 amide bonds. The molecular formula is C19H22ClN3O3S. The summed E-state index contributed by atoms with van der Waals surface area (Å²) in [5, 5.41) is 2.71. The van der Waals surface area contributed by atoms with Crippen LogP contribution in [-0.4, -0.2) is 27.4 Å². The molecule has 1 aliphatic heterocycles. The molecule has 2 aromatic carbocycles. The lowest BCUT2D eigenvalue weighted by molar-refractivity contribution is -0.114. The number of amides is 1. The molecule has 0 bridgehead atoms. The first-order valence-corrected chi connectivity index (χ1v) is 10.7. The quantitative estimate of drug-likeness (QED) is 0.782. The van der Waals surface area contributed by atoms with E-state index in [1.807, 2.05) is 12.1 Å². The van der Waals surface area contributed by atoms with Gasteiger partial charge in [0, 0.05) is 31.4 Å². The predicted octanol–water partition coefficient (Wildman–Crippen LogP) is 4.09. The Bertz CT molecular complexity index is 924. The van der Waals surface area contributed by atoms with Crippen molar-refractivity contribution in [3.63, 3.8) is 0 Å². The molecule has 0 spiro atoms. The lowest BCUT2D eigenvalue weighted by Gasteiger charge is -2.28. The second-order valence-corrected chi connectivity index (χ2v) is 8.61. The molecular weight excluding hydrogens is 386 g/mol. The Labute approximate surface area is 164 Å². The normalized spacial score (nSPS) is 14.7. The highest BCUT2D eigenvalue weighted by molar-refractivity contribution is 7.92. The Balaban J connectivity index is 1.74. The zero-order chi connectivity index (χ0) is 19.4. The minimum atomic E-state index is -3.78. The molecule has 0 radical (unpaired) electrons. The Morgan fingerprint density at radius 1 is 1.04 bits per heavy atom. The van der Waals surface area contributed by atoms with Crippen molar-refractivity contribution in [1.29, 1.82) is 0 Å². The van der Waals surface area contributed by atoms with Gasteiger partial charge in [-0.2, -0.15) is 0 Å². The number of piperidine rings is 1. The number of benzene rings is 2. The molecule has 2 aromatic rings.